The molecule has 0 saturated carbocycles. The van der Waals surface area contributed by atoms with Crippen molar-refractivity contribution in [3.63, 3.8) is 0 Å². The molecule has 22 rings (SSSR count). The molecule has 0 amide bonds. The van der Waals surface area contributed by atoms with Gasteiger partial charge in [-0.1, -0.05) is 454 Å². The molecule has 0 saturated heterocycles. The maximum atomic E-state index is 2.77. The molecule has 0 unspecified atom stereocenters. The zero-order chi connectivity index (χ0) is 98.8. The quantitative estimate of drug-likeness (QED) is 0.0272. The van der Waals surface area contributed by atoms with E-state index < -0.39 is 0 Å². The van der Waals surface area contributed by atoms with Crippen molar-refractivity contribution < 1.29 is 0 Å². The van der Waals surface area contributed by atoms with Gasteiger partial charge in [-0.2, -0.15) is 0 Å². The highest BCUT2D eigenvalue weighted by Gasteiger charge is 2.48. The SMILES string of the molecule is CCCCCCCCC1(CCCCCCCC)c2ccccc2-c2ccc(-c3ccc4c(c3)C(C)(C)c3cc(-c5c(C)cc(-c6cc7c8c(c6)c6cc(-c9cc(C)c(-c%10ccc%11c(c%10)C(C)(C)c%10cc(-c%12ccc%13c(c%12)C(CCCCCCCC)(CCCCCCCC)c%12ccccc%12-%13)ccc%10-%11)c(C)c9)cc9c6n8-c6c(cccc6B9c6c(C)cc(C)cc6C)B7c6c(C)cc(C)cc6C)cc5C)ccc3-4)cc21. The number of para-hydroxylation sites is 1. The first-order valence-corrected chi connectivity index (χ1v) is 56.2. The Labute approximate surface area is 858 Å². The first kappa shape index (κ1) is 96.0. The van der Waals surface area contributed by atoms with Gasteiger partial charge in [-0.25, -0.2) is 0 Å². The fourth-order valence-electron chi connectivity index (χ4n) is 29.6. The van der Waals surface area contributed by atoms with Crippen LogP contribution in [-0.2, 0) is 21.7 Å². The molecule has 0 fully saturated rings. The van der Waals surface area contributed by atoms with Gasteiger partial charge >= 0.3 is 0 Å². The van der Waals surface area contributed by atoms with E-state index in [1.165, 1.54) is 429 Å². The van der Waals surface area contributed by atoms with Crippen molar-refractivity contribution in [1.29, 1.82) is 0 Å². The number of aromatic nitrogens is 1. The van der Waals surface area contributed by atoms with Crippen molar-refractivity contribution in [2.24, 2.45) is 0 Å². The van der Waals surface area contributed by atoms with Crippen LogP contribution >= 0.6 is 0 Å². The van der Waals surface area contributed by atoms with Gasteiger partial charge in [0.15, 0.2) is 0 Å². The van der Waals surface area contributed by atoms with Crippen molar-refractivity contribution in [3.05, 3.63) is 349 Å². The smallest absolute Gasteiger partial charge is 0.247 e. The molecular weight excluding hydrogens is 1720 g/mol. The molecule has 0 radical (unpaired) electrons. The Hall–Kier alpha value is -11.8. The van der Waals surface area contributed by atoms with Gasteiger partial charge in [0, 0.05) is 49.2 Å². The Morgan fingerprint density at radius 3 is 0.804 bits per heavy atom. The van der Waals surface area contributed by atoms with Crippen molar-refractivity contribution in [1.82, 2.24) is 4.57 Å². The highest BCUT2D eigenvalue weighted by Crippen LogP contribution is 2.60. The predicted molar refractivity (Wildman–Crippen MR) is 622 cm³/mol. The second-order valence-corrected chi connectivity index (χ2v) is 46.6. The Bertz CT molecular complexity index is 7160. The minimum Gasteiger partial charge on any atom is -0.311 e. The number of hydrogen-bond donors (Lipinski definition) is 0. The van der Waals surface area contributed by atoms with Gasteiger partial charge in [0.1, 0.15) is 0 Å². The molecule has 4 aliphatic carbocycles. The normalized spacial score (nSPS) is 14.5. The van der Waals surface area contributed by atoms with E-state index in [0.717, 1.165) is 0 Å². The van der Waals surface area contributed by atoms with Crippen molar-refractivity contribution in [2.45, 2.75) is 326 Å². The van der Waals surface area contributed by atoms with Gasteiger partial charge in [-0.05, 0) is 343 Å². The number of benzene rings is 15. The molecule has 1 aromatic heterocycles. The van der Waals surface area contributed by atoms with E-state index in [1.54, 1.807) is 22.3 Å². The van der Waals surface area contributed by atoms with Gasteiger partial charge < -0.3 is 4.57 Å². The zero-order valence-corrected chi connectivity index (χ0v) is 89.6. The number of hydrogen-bond acceptors (Lipinski definition) is 0. The number of rotatable bonds is 36. The number of unbranched alkanes of at least 4 members (excludes halogenated alkanes) is 20. The van der Waals surface area contributed by atoms with E-state index in [-0.39, 0.29) is 35.1 Å². The third-order valence-corrected chi connectivity index (χ3v) is 36.3. The maximum Gasteiger partial charge on any atom is 0.247 e. The van der Waals surface area contributed by atoms with E-state index in [9.17, 15) is 0 Å². The van der Waals surface area contributed by atoms with Crippen molar-refractivity contribution in [2.75, 3.05) is 0 Å². The van der Waals surface area contributed by atoms with Gasteiger partial charge in [-0.15, -0.1) is 0 Å². The standard InChI is InChI=1S/C140H151B2N/c1-19-23-27-31-35-43-66-139(67-44-36-32-28-24-20-2)118-50-41-39-48-108(118)114-62-56-100(82-124(114)139)98-54-60-110-112-64-58-102(84-122(112)137(15,16)120(110)80-98)130-90(7)74-104(75-91(130)8)106-78-116-117-79-107(87-129-135(117)143-134(116)128(86-106)141(132-94(11)70-88(5)71-95(132)12)126-52-47-53-127(136(126)143)142(129)133-96(13)72-89(6)73-97(133)14)105-76-92(9)131(93(10)77-105)103-59-65-113-111-61-55-99(81-121(111)138(17,18)123(113)85-103)101-57-63-115-109-49-40-42-51-119(109)140(125(115)83-101,68-45-37-33-29-25-21-3)69-46-38-34-30-26-22-4/h39-42,47-65,70-87H,19-38,43-46,66-69H2,1-18H3. The lowest BCUT2D eigenvalue weighted by atomic mass is 9.30. The molecule has 0 bridgehead atoms. The molecule has 3 heterocycles. The van der Waals surface area contributed by atoms with Crippen LogP contribution in [0.15, 0.2) is 249 Å². The lowest BCUT2D eigenvalue weighted by Gasteiger charge is -2.36. The van der Waals surface area contributed by atoms with Gasteiger partial charge in [0.25, 0.3) is 0 Å². The summed E-state index contributed by atoms with van der Waals surface area (Å²) in [6.07, 6.45) is 36.6. The Morgan fingerprint density at radius 2 is 0.483 bits per heavy atom. The molecule has 0 atom stereocenters. The van der Waals surface area contributed by atoms with Crippen LogP contribution in [0.5, 0.6) is 0 Å². The molecule has 0 N–H and O–H groups in total. The summed E-state index contributed by atoms with van der Waals surface area (Å²) in [7, 11) is 0. The minimum atomic E-state index is -0.222. The Balaban J connectivity index is 0.621. The lowest BCUT2D eigenvalue weighted by molar-refractivity contribution is 0.398. The predicted octanol–water partition coefficient (Wildman–Crippen LogP) is 35.7. The van der Waals surface area contributed by atoms with Crippen molar-refractivity contribution in [3.8, 4) is 117 Å². The summed E-state index contributed by atoms with van der Waals surface area (Å²) in [6.45, 7) is 42.9. The van der Waals surface area contributed by atoms with Gasteiger partial charge in [0.05, 0.1) is 0 Å². The Kier molecular flexibility index (Phi) is 26.0. The summed E-state index contributed by atoms with van der Waals surface area (Å²) >= 11 is 0. The van der Waals surface area contributed by atoms with Crippen molar-refractivity contribution >= 4 is 68.0 Å². The van der Waals surface area contributed by atoms with Crippen LogP contribution in [0, 0.1) is 69.2 Å². The maximum absolute atomic E-state index is 2.77. The van der Waals surface area contributed by atoms with E-state index in [4.69, 9.17) is 0 Å². The molecular formula is C140H151B2N. The highest BCUT2D eigenvalue weighted by atomic mass is 15.0. The van der Waals surface area contributed by atoms with Crippen LogP contribution in [-0.4, -0.2) is 18.0 Å². The second kappa shape index (κ2) is 38.6. The molecule has 143 heavy (non-hydrogen) atoms. The van der Waals surface area contributed by atoms with Crippen LogP contribution in [0.4, 0.5) is 0 Å². The lowest BCUT2D eigenvalue weighted by Crippen LogP contribution is -2.64. The third-order valence-electron chi connectivity index (χ3n) is 36.3. The molecule has 1 nitrogen and oxygen atoms in total. The van der Waals surface area contributed by atoms with E-state index in [1.807, 2.05) is 0 Å². The molecule has 722 valence electrons. The first-order valence-electron chi connectivity index (χ1n) is 56.2. The fourth-order valence-corrected chi connectivity index (χ4v) is 29.6. The first-order chi connectivity index (χ1) is 69.4. The average molecular weight is 1870 g/mol. The van der Waals surface area contributed by atoms with E-state index in [0.29, 0.717) is 0 Å². The minimum absolute atomic E-state index is 0.0166. The summed E-state index contributed by atoms with van der Waals surface area (Å²) in [5, 5.41) is 2.64. The van der Waals surface area contributed by atoms with Crippen LogP contribution < -0.4 is 32.8 Å². The third kappa shape index (κ3) is 16.3. The summed E-state index contributed by atoms with van der Waals surface area (Å²) in [4.78, 5) is 0. The second-order valence-electron chi connectivity index (χ2n) is 46.6. The number of nitrogens with zero attached hydrogens (tertiary/aromatic N) is 1. The number of aryl methyl sites for hydroxylation is 10. The monoisotopic (exact) mass is 1870 g/mol. The summed E-state index contributed by atoms with van der Waals surface area (Å²) in [6, 6.07) is 102. The summed E-state index contributed by atoms with van der Waals surface area (Å²) < 4.78 is 2.77. The van der Waals surface area contributed by atoms with Gasteiger partial charge in [0.2, 0.25) is 13.4 Å². The summed E-state index contributed by atoms with van der Waals surface area (Å²) in [5.41, 5.74) is 64.2. The van der Waals surface area contributed by atoms with Crippen LogP contribution in [0.2, 0.25) is 0 Å². The summed E-state index contributed by atoms with van der Waals surface area (Å²) in [5.74, 6) is 0. The van der Waals surface area contributed by atoms with Crippen LogP contribution in [0.25, 0.3) is 139 Å². The topological polar surface area (TPSA) is 4.93 Å². The molecule has 3 heteroatoms. The van der Waals surface area contributed by atoms with E-state index >= 15 is 0 Å². The fraction of sp³-hybridized carbons (Fsp3) is 0.357. The van der Waals surface area contributed by atoms with E-state index in [2.05, 4.69) is 378 Å². The molecule has 15 aromatic carbocycles. The Morgan fingerprint density at radius 1 is 0.217 bits per heavy atom. The van der Waals surface area contributed by atoms with Crippen LogP contribution in [0.3, 0.4) is 0 Å². The zero-order valence-electron chi connectivity index (χ0n) is 89.6. The average Bonchev–Trinajstić information content (AvgIpc) is 1.52. The number of fused-ring (bicyclic) bond motifs is 13. The molecule has 6 aliphatic rings. The molecule has 16 aromatic rings. The molecule has 0 spiro atoms. The highest BCUT2D eigenvalue weighted by molar-refractivity contribution is 7.02. The van der Waals surface area contributed by atoms with Crippen LogP contribution in [0.1, 0.15) is 335 Å². The molecule has 2 aliphatic heterocycles. The largest absolute Gasteiger partial charge is 0.311 e. The van der Waals surface area contributed by atoms with Gasteiger partial charge in [-0.3, -0.25) is 0 Å².